The average Bonchev–Trinajstić information content (AvgIpc) is 2.87. The van der Waals surface area contributed by atoms with Crippen LogP contribution < -0.4 is 9.62 Å². The van der Waals surface area contributed by atoms with Crippen LogP contribution in [0.5, 0.6) is 0 Å². The number of sulfonamides is 1. The molecule has 0 radical (unpaired) electrons. The zero-order valence-corrected chi connectivity index (χ0v) is 19.9. The molecule has 2 heterocycles. The Labute approximate surface area is 189 Å². The maximum atomic E-state index is 13.9. The molecule has 0 bridgehead atoms. The number of anilines is 3. The molecule has 0 aliphatic carbocycles. The van der Waals surface area contributed by atoms with E-state index in [2.05, 4.69) is 31.1 Å². The molecule has 1 aromatic heterocycles. The number of rotatable bonds is 2. The van der Waals surface area contributed by atoms with Crippen LogP contribution in [-0.2, 0) is 22.0 Å². The predicted octanol–water partition coefficient (Wildman–Crippen LogP) is 6.10. The summed E-state index contributed by atoms with van der Waals surface area (Å²) in [5, 5.41) is 3.65. The Morgan fingerprint density at radius 2 is 1.68 bits per heavy atom. The summed E-state index contributed by atoms with van der Waals surface area (Å²) < 4.78 is 29.2. The summed E-state index contributed by atoms with van der Waals surface area (Å²) in [5.41, 5.74) is 5.02. The van der Waals surface area contributed by atoms with Gasteiger partial charge >= 0.3 is 0 Å². The Morgan fingerprint density at radius 3 is 2.32 bits per heavy atom. The molecule has 0 fully saturated rings. The summed E-state index contributed by atoms with van der Waals surface area (Å²) in [4.78, 5) is 4.65. The lowest BCUT2D eigenvalue weighted by Crippen LogP contribution is -2.31. The first-order valence-corrected chi connectivity index (χ1v) is 12.0. The number of hydrogen-bond acceptors (Lipinski definition) is 4. The Hall–Kier alpha value is -2.57. The van der Waals surface area contributed by atoms with Gasteiger partial charge in [-0.25, -0.2) is 13.4 Å². The van der Waals surface area contributed by atoms with Crippen LogP contribution in [0.2, 0.25) is 5.15 Å². The van der Waals surface area contributed by atoms with Crippen molar-refractivity contribution in [3.63, 3.8) is 0 Å². The molecule has 0 saturated heterocycles. The van der Waals surface area contributed by atoms with E-state index in [-0.39, 0.29) is 16.9 Å². The number of halogens is 1. The molecular formula is C24H26ClN3O2S. The molecule has 7 heteroatoms. The topological polar surface area (TPSA) is 62.3 Å². The number of hydrogen-bond donors (Lipinski definition) is 1. The first kappa shape index (κ1) is 21.7. The SMILES string of the molecule is Cc1ccc2c(c1C)N(S(=O)(=O)c1ccc(C(C)(C)C)cc1)Cc1ccc(Cl)nc1N2. The molecule has 1 N–H and O–H groups in total. The molecule has 2 aromatic carbocycles. The van der Waals surface area contributed by atoms with Crippen molar-refractivity contribution in [2.75, 3.05) is 9.62 Å². The zero-order chi connectivity index (χ0) is 22.6. The summed E-state index contributed by atoms with van der Waals surface area (Å²) in [5.74, 6) is 0.567. The summed E-state index contributed by atoms with van der Waals surface area (Å²) in [6.07, 6.45) is 0. The van der Waals surface area contributed by atoms with Crippen LogP contribution >= 0.6 is 11.6 Å². The number of nitrogens with one attached hydrogen (secondary N) is 1. The molecule has 0 spiro atoms. The van der Waals surface area contributed by atoms with E-state index < -0.39 is 10.0 Å². The lowest BCUT2D eigenvalue weighted by Gasteiger charge is -2.27. The van der Waals surface area contributed by atoms with E-state index in [4.69, 9.17) is 11.6 Å². The molecule has 0 saturated carbocycles. The minimum absolute atomic E-state index is 0.0566. The third kappa shape index (κ3) is 3.90. The number of aryl methyl sites for hydroxylation is 1. The molecular weight excluding hydrogens is 430 g/mol. The Kier molecular flexibility index (Phi) is 5.26. The van der Waals surface area contributed by atoms with Crippen LogP contribution in [0.25, 0.3) is 0 Å². The van der Waals surface area contributed by atoms with Gasteiger partial charge in [-0.05, 0) is 60.2 Å². The quantitative estimate of drug-likeness (QED) is 0.474. The van der Waals surface area contributed by atoms with Crippen LogP contribution in [0.15, 0.2) is 53.4 Å². The highest BCUT2D eigenvalue weighted by molar-refractivity contribution is 7.92. The summed E-state index contributed by atoms with van der Waals surface area (Å²) >= 11 is 6.10. The van der Waals surface area contributed by atoms with Gasteiger partial charge in [0, 0.05) is 5.56 Å². The smallest absolute Gasteiger partial charge is 0.264 e. The van der Waals surface area contributed by atoms with Crippen molar-refractivity contribution < 1.29 is 8.42 Å². The van der Waals surface area contributed by atoms with Gasteiger partial charge in [0.05, 0.1) is 22.8 Å². The number of aromatic nitrogens is 1. The van der Waals surface area contributed by atoms with Gasteiger partial charge in [-0.3, -0.25) is 4.31 Å². The molecule has 5 nitrogen and oxygen atoms in total. The number of fused-ring (bicyclic) bond motifs is 2. The van der Waals surface area contributed by atoms with Gasteiger partial charge in [-0.2, -0.15) is 0 Å². The van der Waals surface area contributed by atoms with Gasteiger partial charge in [-0.1, -0.05) is 56.6 Å². The van der Waals surface area contributed by atoms with E-state index >= 15 is 0 Å². The Morgan fingerprint density at radius 1 is 1.00 bits per heavy atom. The van der Waals surface area contributed by atoms with Crippen LogP contribution in [-0.4, -0.2) is 13.4 Å². The summed E-state index contributed by atoms with van der Waals surface area (Å²) in [6, 6.07) is 14.5. The van der Waals surface area contributed by atoms with Crippen LogP contribution in [0.1, 0.15) is 43.0 Å². The van der Waals surface area contributed by atoms with Gasteiger partial charge < -0.3 is 5.32 Å². The van der Waals surface area contributed by atoms with Gasteiger partial charge in [0.1, 0.15) is 11.0 Å². The maximum Gasteiger partial charge on any atom is 0.264 e. The normalized spacial score (nSPS) is 13.8. The predicted molar refractivity (Wildman–Crippen MR) is 127 cm³/mol. The molecule has 3 aromatic rings. The minimum atomic E-state index is -3.82. The second kappa shape index (κ2) is 7.53. The van der Waals surface area contributed by atoms with Crippen LogP contribution in [0.3, 0.4) is 0 Å². The fraction of sp³-hybridized carbons (Fsp3) is 0.292. The highest BCUT2D eigenvalue weighted by Crippen LogP contribution is 2.41. The van der Waals surface area contributed by atoms with E-state index in [9.17, 15) is 8.42 Å². The van der Waals surface area contributed by atoms with E-state index in [0.717, 1.165) is 22.3 Å². The van der Waals surface area contributed by atoms with Crippen LogP contribution in [0, 0.1) is 13.8 Å². The molecule has 1 aliphatic rings. The van der Waals surface area contributed by atoms with Gasteiger partial charge in [0.2, 0.25) is 0 Å². The first-order valence-electron chi connectivity index (χ1n) is 10.1. The fourth-order valence-electron chi connectivity index (χ4n) is 3.74. The average molecular weight is 456 g/mol. The fourth-order valence-corrected chi connectivity index (χ4v) is 5.41. The van der Waals surface area contributed by atoms with E-state index in [1.54, 1.807) is 18.2 Å². The van der Waals surface area contributed by atoms with Crippen molar-refractivity contribution in [2.45, 2.75) is 51.5 Å². The van der Waals surface area contributed by atoms with E-state index in [1.165, 1.54) is 4.31 Å². The largest absolute Gasteiger partial charge is 0.338 e. The summed E-state index contributed by atoms with van der Waals surface area (Å²) in [6.45, 7) is 10.4. The highest BCUT2D eigenvalue weighted by atomic mass is 35.5. The second-order valence-corrected chi connectivity index (χ2v) is 11.2. The highest BCUT2D eigenvalue weighted by Gasteiger charge is 2.32. The molecule has 0 atom stereocenters. The number of benzene rings is 2. The van der Waals surface area contributed by atoms with Crippen molar-refractivity contribution in [3.05, 3.63) is 75.9 Å². The monoisotopic (exact) mass is 455 g/mol. The molecule has 31 heavy (non-hydrogen) atoms. The number of pyridine rings is 1. The van der Waals surface area contributed by atoms with Crippen molar-refractivity contribution in [1.29, 1.82) is 0 Å². The molecule has 1 aliphatic heterocycles. The zero-order valence-electron chi connectivity index (χ0n) is 18.3. The van der Waals surface area contributed by atoms with Crippen molar-refractivity contribution >= 4 is 38.8 Å². The van der Waals surface area contributed by atoms with E-state index in [1.807, 2.05) is 44.2 Å². The molecule has 4 rings (SSSR count). The molecule has 162 valence electrons. The first-order chi connectivity index (χ1) is 14.5. The minimum Gasteiger partial charge on any atom is -0.338 e. The van der Waals surface area contributed by atoms with E-state index in [0.29, 0.717) is 22.3 Å². The van der Waals surface area contributed by atoms with Crippen LogP contribution in [0.4, 0.5) is 17.2 Å². The Balaban J connectivity index is 1.90. The maximum absolute atomic E-state index is 13.9. The molecule has 0 amide bonds. The summed E-state index contributed by atoms with van der Waals surface area (Å²) in [7, 11) is -3.82. The third-order valence-corrected chi connectivity index (χ3v) is 7.74. The van der Waals surface area contributed by atoms with Gasteiger partial charge in [-0.15, -0.1) is 0 Å². The lowest BCUT2D eigenvalue weighted by atomic mass is 9.87. The standard InChI is InChI=1S/C24H26ClN3O2S/c1-15-6-12-20-22(16(15)2)28(14-17-7-13-21(25)27-23(17)26-20)31(29,30)19-10-8-18(9-11-19)24(3,4)5/h6-13H,14H2,1-5H3,(H,26,27). The van der Waals surface area contributed by atoms with Crippen molar-refractivity contribution in [3.8, 4) is 0 Å². The number of nitrogens with zero attached hydrogens (tertiary/aromatic N) is 2. The van der Waals surface area contributed by atoms with Gasteiger partial charge in [0.25, 0.3) is 10.0 Å². The lowest BCUT2D eigenvalue weighted by molar-refractivity contribution is 0.584. The van der Waals surface area contributed by atoms with Crippen molar-refractivity contribution in [2.24, 2.45) is 0 Å². The van der Waals surface area contributed by atoms with Crippen molar-refractivity contribution in [1.82, 2.24) is 4.98 Å². The van der Waals surface area contributed by atoms with Gasteiger partial charge in [0.15, 0.2) is 0 Å². The Bertz CT molecular complexity index is 1260. The molecule has 0 unspecified atom stereocenters. The second-order valence-electron chi connectivity index (χ2n) is 8.96. The third-order valence-electron chi connectivity index (χ3n) is 5.77.